The normalized spacial score (nSPS) is 14.2. The fraction of sp³-hybridized carbons (Fsp3) is 0.746. The zero-order valence-electron chi connectivity index (χ0n) is 53.5. The Balaban J connectivity index is 5.19. The summed E-state index contributed by atoms with van der Waals surface area (Å²) >= 11 is 0. The first-order valence-corrected chi connectivity index (χ1v) is 35.1. The first-order chi connectivity index (χ1) is 39.4. The predicted octanol–water partition coefficient (Wildman–Crippen LogP) is 21.1. The van der Waals surface area contributed by atoms with Gasteiger partial charge in [-0.1, -0.05) is 266 Å². The van der Waals surface area contributed by atoms with E-state index in [0.717, 1.165) is 122 Å². The predicted molar refractivity (Wildman–Crippen MR) is 350 cm³/mol. The van der Waals surface area contributed by atoms with Crippen LogP contribution >= 0.6 is 7.82 Å². The second-order valence-corrected chi connectivity index (χ2v) is 25.1. The van der Waals surface area contributed by atoms with E-state index in [0.29, 0.717) is 17.4 Å². The van der Waals surface area contributed by atoms with Crippen molar-refractivity contribution in [1.82, 2.24) is 5.32 Å². The highest BCUT2D eigenvalue weighted by molar-refractivity contribution is 7.47. The Kier molecular flexibility index (Phi) is 57.8. The fourth-order valence-corrected chi connectivity index (χ4v) is 10.1. The van der Waals surface area contributed by atoms with E-state index in [2.05, 4.69) is 111 Å². The van der Waals surface area contributed by atoms with E-state index in [1.807, 2.05) is 33.3 Å². The number of hydrogen-bond donors (Lipinski definition) is 2. The van der Waals surface area contributed by atoms with Gasteiger partial charge in [0, 0.05) is 12.8 Å². The van der Waals surface area contributed by atoms with Gasteiger partial charge in [-0.3, -0.25) is 18.6 Å². The lowest BCUT2D eigenvalue weighted by atomic mass is 10.0. The quantitative estimate of drug-likeness (QED) is 0.0205. The van der Waals surface area contributed by atoms with Gasteiger partial charge in [-0.15, -0.1) is 0 Å². The van der Waals surface area contributed by atoms with Crippen molar-refractivity contribution in [2.45, 2.75) is 303 Å². The van der Waals surface area contributed by atoms with Gasteiger partial charge in [0.2, 0.25) is 5.91 Å². The second kappa shape index (κ2) is 60.1. The number of carbonyl (C=O) groups excluding carboxylic acids is 2. The van der Waals surface area contributed by atoms with Gasteiger partial charge < -0.3 is 19.4 Å². The number of hydrogen-bond acceptors (Lipinski definition) is 6. The SMILES string of the molecule is CC/C=C\C/C=C\C/C=C\C/C=C\C/C=C\CCCCCCCCCCCC(=O)NC(COP(=O)(O)OCC[N+](C)(C)C)C(/C=C\CCCCCCCCCCCCC)OC(=O)CCCCCCCCC/C=C\C/C=C\CCCCC. The summed E-state index contributed by atoms with van der Waals surface area (Å²) in [5.41, 5.74) is 0. The molecule has 0 aliphatic carbocycles. The molecule has 0 aromatic heterocycles. The van der Waals surface area contributed by atoms with Gasteiger partial charge in [-0.05, 0) is 109 Å². The largest absolute Gasteiger partial charge is 0.472 e. The lowest BCUT2D eigenvalue weighted by molar-refractivity contribution is -0.870. The molecule has 0 aliphatic heterocycles. The highest BCUT2D eigenvalue weighted by atomic mass is 31.2. The van der Waals surface area contributed by atoms with E-state index in [1.165, 1.54) is 135 Å². The molecule has 0 bridgehead atoms. The molecule has 3 unspecified atom stereocenters. The van der Waals surface area contributed by atoms with Crippen molar-refractivity contribution in [3.05, 3.63) is 97.2 Å². The molecule has 0 saturated carbocycles. The Bertz CT molecular complexity index is 1710. The molecule has 0 aliphatic rings. The zero-order valence-corrected chi connectivity index (χ0v) is 54.4. The van der Waals surface area contributed by atoms with E-state index in [-0.39, 0.29) is 31.5 Å². The average molecular weight is 1150 g/mol. The maximum Gasteiger partial charge on any atom is 0.472 e. The minimum Gasteiger partial charge on any atom is -0.456 e. The number of phosphoric acid groups is 1. The van der Waals surface area contributed by atoms with Crippen molar-refractivity contribution in [3.8, 4) is 0 Å². The molecule has 0 radical (unpaired) electrons. The third-order valence-corrected chi connectivity index (χ3v) is 15.5. The Morgan fingerprint density at radius 3 is 1.21 bits per heavy atom. The molecule has 1 amide bonds. The van der Waals surface area contributed by atoms with Crippen LogP contribution in [-0.2, 0) is 27.9 Å². The summed E-state index contributed by atoms with van der Waals surface area (Å²) in [4.78, 5) is 37.8. The molecule has 9 nitrogen and oxygen atoms in total. The fourth-order valence-electron chi connectivity index (χ4n) is 9.35. The summed E-state index contributed by atoms with van der Waals surface area (Å²) in [6.07, 6.45) is 81.2. The standard InChI is InChI=1S/C71H127N2O7P/c1-7-10-13-16-19-22-25-28-30-32-33-34-35-36-37-38-39-41-42-45-48-51-54-57-60-63-70(74)72-68(67-79-81(76,77)78-66-65-73(4,5)6)69(62-59-56-53-50-47-44-27-24-21-18-15-12-9-3)80-71(75)64-61-58-55-52-49-46-43-40-31-29-26-23-20-17-14-11-8-2/h10,13,19-20,22-23,28-31,33-34,36-37,59,62,68-69H,7-9,11-12,14-18,21,24-27,32,35,38-58,60-61,63-67H2,1-6H3,(H-,72,74,76,77)/p+1/b13-10-,22-19-,23-20-,30-28-,31-29-,34-33-,37-36-,62-59-. The third kappa shape index (κ3) is 61.3. The van der Waals surface area contributed by atoms with Crippen LogP contribution in [0.3, 0.4) is 0 Å². The van der Waals surface area contributed by atoms with Crippen LogP contribution in [0.1, 0.15) is 290 Å². The summed E-state index contributed by atoms with van der Waals surface area (Å²) < 4.78 is 30.8. The molecule has 0 spiro atoms. The van der Waals surface area contributed by atoms with E-state index in [4.69, 9.17) is 13.8 Å². The Morgan fingerprint density at radius 1 is 0.444 bits per heavy atom. The molecule has 3 atom stereocenters. The summed E-state index contributed by atoms with van der Waals surface area (Å²) in [6.45, 7) is 6.88. The van der Waals surface area contributed by atoms with Crippen molar-refractivity contribution in [2.24, 2.45) is 0 Å². The van der Waals surface area contributed by atoms with Gasteiger partial charge in [-0.2, -0.15) is 0 Å². The number of nitrogens with one attached hydrogen (secondary N) is 1. The van der Waals surface area contributed by atoms with Gasteiger partial charge in [-0.25, -0.2) is 4.57 Å². The minimum absolute atomic E-state index is 0.0338. The van der Waals surface area contributed by atoms with Crippen molar-refractivity contribution in [2.75, 3.05) is 40.9 Å². The van der Waals surface area contributed by atoms with Crippen molar-refractivity contribution >= 4 is 19.7 Å². The first kappa shape index (κ1) is 77.9. The highest BCUT2D eigenvalue weighted by Crippen LogP contribution is 2.43. The molecular formula is C71H128N2O7P+. The number of nitrogens with zero attached hydrogens (tertiary/aromatic N) is 1. The van der Waals surface area contributed by atoms with Gasteiger partial charge in [0.15, 0.2) is 0 Å². The minimum atomic E-state index is -4.46. The van der Waals surface area contributed by atoms with Crippen LogP contribution in [0.5, 0.6) is 0 Å². The van der Waals surface area contributed by atoms with E-state index >= 15 is 0 Å². The molecule has 10 heteroatoms. The third-order valence-electron chi connectivity index (χ3n) is 14.5. The monoisotopic (exact) mass is 1150 g/mol. The van der Waals surface area contributed by atoms with Crippen LogP contribution in [0.25, 0.3) is 0 Å². The molecule has 0 aromatic rings. The molecule has 0 saturated heterocycles. The van der Waals surface area contributed by atoms with Gasteiger partial charge in [0.1, 0.15) is 19.3 Å². The van der Waals surface area contributed by atoms with Gasteiger partial charge in [0.25, 0.3) is 0 Å². The summed E-state index contributed by atoms with van der Waals surface area (Å²) in [5.74, 6) is -0.520. The molecule has 81 heavy (non-hydrogen) atoms. The first-order valence-electron chi connectivity index (χ1n) is 33.6. The highest BCUT2D eigenvalue weighted by Gasteiger charge is 2.30. The second-order valence-electron chi connectivity index (χ2n) is 23.6. The maximum atomic E-state index is 13.6. The Morgan fingerprint density at radius 2 is 0.790 bits per heavy atom. The van der Waals surface area contributed by atoms with Crippen LogP contribution in [-0.4, -0.2) is 74.3 Å². The smallest absolute Gasteiger partial charge is 0.456 e. The van der Waals surface area contributed by atoms with E-state index in [9.17, 15) is 19.0 Å². The summed E-state index contributed by atoms with van der Waals surface area (Å²) in [5, 5.41) is 3.06. The molecule has 0 aromatic carbocycles. The Labute approximate surface area is 500 Å². The number of ether oxygens (including phenoxy) is 1. The lowest BCUT2D eigenvalue weighted by Gasteiger charge is -2.27. The number of likely N-dealkylation sites (N-methyl/N-ethyl adjacent to an activating group) is 1. The molecular weight excluding hydrogens is 1020 g/mol. The number of esters is 1. The molecule has 2 N–H and O–H groups in total. The molecule has 0 heterocycles. The lowest BCUT2D eigenvalue weighted by Crippen LogP contribution is -2.47. The number of amides is 1. The molecule has 0 rings (SSSR count). The van der Waals surface area contributed by atoms with Crippen molar-refractivity contribution < 1.29 is 37.3 Å². The number of unbranched alkanes of at least 4 members (excludes halogenated alkanes) is 30. The van der Waals surface area contributed by atoms with Crippen molar-refractivity contribution in [1.29, 1.82) is 0 Å². The summed E-state index contributed by atoms with van der Waals surface area (Å²) in [7, 11) is 1.48. The van der Waals surface area contributed by atoms with Crippen LogP contribution in [0, 0.1) is 0 Å². The zero-order chi connectivity index (χ0) is 59.3. The topological polar surface area (TPSA) is 111 Å². The van der Waals surface area contributed by atoms with Crippen LogP contribution < -0.4 is 5.32 Å². The number of allylic oxidation sites excluding steroid dienone is 15. The molecule has 468 valence electrons. The number of quaternary nitrogens is 1. The number of phosphoric ester groups is 1. The van der Waals surface area contributed by atoms with Gasteiger partial charge >= 0.3 is 13.8 Å². The number of carbonyl (C=O) groups is 2. The van der Waals surface area contributed by atoms with Crippen LogP contribution in [0.2, 0.25) is 0 Å². The van der Waals surface area contributed by atoms with Crippen LogP contribution in [0.15, 0.2) is 97.2 Å². The van der Waals surface area contributed by atoms with Crippen LogP contribution in [0.4, 0.5) is 0 Å². The number of rotatable bonds is 60. The molecule has 0 fully saturated rings. The maximum absolute atomic E-state index is 13.6. The van der Waals surface area contributed by atoms with E-state index in [1.54, 1.807) is 0 Å². The summed E-state index contributed by atoms with van der Waals surface area (Å²) in [6, 6.07) is -0.861. The van der Waals surface area contributed by atoms with Gasteiger partial charge in [0.05, 0.1) is 33.8 Å². The van der Waals surface area contributed by atoms with Crippen molar-refractivity contribution in [3.63, 3.8) is 0 Å². The average Bonchev–Trinajstić information content (AvgIpc) is 3.44. The van der Waals surface area contributed by atoms with E-state index < -0.39 is 20.0 Å². The Hall–Kier alpha value is -3.07.